The summed E-state index contributed by atoms with van der Waals surface area (Å²) in [6, 6.07) is 0.546. The Hall–Kier alpha value is 0.01000. The molecule has 1 fully saturated rings. The van der Waals surface area contributed by atoms with Crippen molar-refractivity contribution in [3.8, 4) is 0 Å². The second kappa shape index (κ2) is 7.31. The highest BCUT2D eigenvalue weighted by atomic mass is 32.2. The maximum atomic E-state index is 5.57. The van der Waals surface area contributed by atoms with Gasteiger partial charge in [0, 0.05) is 30.7 Å². The Kier molecular flexibility index (Phi) is 6.37. The van der Waals surface area contributed by atoms with Crippen LogP contribution in [0.3, 0.4) is 0 Å². The van der Waals surface area contributed by atoms with Gasteiger partial charge in [0.25, 0.3) is 0 Å². The molecule has 1 heterocycles. The standard InChI is InChI=1S/C12H23NOS/c1-10(2)13-7-11(3)8-15-9-12-5-4-6-14-12/h10,12-13H,3-9H2,1-2H3. The van der Waals surface area contributed by atoms with Gasteiger partial charge in [0.2, 0.25) is 0 Å². The molecule has 0 aromatic rings. The zero-order valence-electron chi connectivity index (χ0n) is 9.92. The molecule has 2 nitrogen and oxygen atoms in total. The van der Waals surface area contributed by atoms with E-state index in [1.54, 1.807) is 0 Å². The van der Waals surface area contributed by atoms with Crippen molar-refractivity contribution in [2.45, 2.75) is 38.8 Å². The Morgan fingerprint density at radius 1 is 1.60 bits per heavy atom. The van der Waals surface area contributed by atoms with Crippen LogP contribution in [-0.2, 0) is 4.74 Å². The van der Waals surface area contributed by atoms with E-state index in [0.29, 0.717) is 12.1 Å². The van der Waals surface area contributed by atoms with E-state index in [2.05, 4.69) is 25.7 Å². The number of ether oxygens (including phenoxy) is 1. The average molecular weight is 229 g/mol. The molecule has 0 saturated carbocycles. The van der Waals surface area contributed by atoms with Crippen molar-refractivity contribution in [3.05, 3.63) is 12.2 Å². The van der Waals surface area contributed by atoms with Gasteiger partial charge in [-0.15, -0.1) is 0 Å². The van der Waals surface area contributed by atoms with E-state index in [4.69, 9.17) is 4.74 Å². The summed E-state index contributed by atoms with van der Waals surface area (Å²) in [5, 5.41) is 3.38. The monoisotopic (exact) mass is 229 g/mol. The van der Waals surface area contributed by atoms with Crippen LogP contribution in [-0.4, -0.2) is 36.8 Å². The number of rotatable bonds is 7. The van der Waals surface area contributed by atoms with Crippen molar-refractivity contribution in [1.29, 1.82) is 0 Å². The van der Waals surface area contributed by atoms with E-state index < -0.39 is 0 Å². The summed E-state index contributed by atoms with van der Waals surface area (Å²) < 4.78 is 5.57. The Morgan fingerprint density at radius 2 is 2.40 bits per heavy atom. The van der Waals surface area contributed by atoms with Crippen molar-refractivity contribution in [2.24, 2.45) is 0 Å². The van der Waals surface area contributed by atoms with Gasteiger partial charge in [-0.1, -0.05) is 26.0 Å². The Morgan fingerprint density at radius 3 is 3.00 bits per heavy atom. The third-order valence-electron chi connectivity index (χ3n) is 2.39. The Labute approximate surface area is 97.8 Å². The first-order chi connectivity index (χ1) is 7.18. The van der Waals surface area contributed by atoms with Gasteiger partial charge < -0.3 is 10.1 Å². The molecule has 1 aliphatic rings. The van der Waals surface area contributed by atoms with Crippen molar-refractivity contribution < 1.29 is 4.74 Å². The van der Waals surface area contributed by atoms with E-state index in [0.717, 1.165) is 24.7 Å². The van der Waals surface area contributed by atoms with E-state index in [-0.39, 0.29) is 0 Å². The minimum Gasteiger partial charge on any atom is -0.377 e. The summed E-state index contributed by atoms with van der Waals surface area (Å²) in [6.45, 7) is 10.3. The minimum atomic E-state index is 0.501. The summed E-state index contributed by atoms with van der Waals surface area (Å²) in [5.74, 6) is 2.18. The lowest BCUT2D eigenvalue weighted by molar-refractivity contribution is 0.129. The molecule has 0 aromatic carbocycles. The van der Waals surface area contributed by atoms with E-state index in [9.17, 15) is 0 Å². The molecule has 0 bridgehead atoms. The first-order valence-corrected chi connectivity index (χ1v) is 6.93. The Balaban J connectivity index is 1.96. The predicted octanol–water partition coefficient (Wildman–Crippen LogP) is 2.45. The third kappa shape index (κ3) is 6.23. The van der Waals surface area contributed by atoms with E-state index >= 15 is 0 Å². The number of nitrogens with one attached hydrogen (secondary N) is 1. The smallest absolute Gasteiger partial charge is 0.0666 e. The Bertz CT molecular complexity index is 188. The quantitative estimate of drug-likeness (QED) is 0.678. The highest BCUT2D eigenvalue weighted by Crippen LogP contribution is 2.18. The second-order valence-electron chi connectivity index (χ2n) is 4.44. The summed E-state index contributed by atoms with van der Waals surface area (Å²) in [5.41, 5.74) is 1.28. The van der Waals surface area contributed by atoms with Crippen LogP contribution in [0.5, 0.6) is 0 Å². The van der Waals surface area contributed by atoms with Crippen LogP contribution in [0.4, 0.5) is 0 Å². The largest absolute Gasteiger partial charge is 0.377 e. The molecule has 1 N–H and O–H groups in total. The molecule has 3 heteroatoms. The van der Waals surface area contributed by atoms with Gasteiger partial charge in [-0.25, -0.2) is 0 Å². The summed E-state index contributed by atoms with van der Waals surface area (Å²) in [6.07, 6.45) is 2.98. The van der Waals surface area contributed by atoms with Crippen LogP contribution < -0.4 is 5.32 Å². The lowest BCUT2D eigenvalue weighted by Crippen LogP contribution is -2.25. The minimum absolute atomic E-state index is 0.501. The predicted molar refractivity (Wildman–Crippen MR) is 68.6 cm³/mol. The lowest BCUT2D eigenvalue weighted by Gasteiger charge is -2.12. The van der Waals surface area contributed by atoms with Crippen LogP contribution >= 0.6 is 11.8 Å². The molecule has 1 unspecified atom stereocenters. The molecule has 1 aliphatic heterocycles. The molecule has 1 atom stereocenters. The molecule has 0 aliphatic carbocycles. The molecule has 0 radical (unpaired) electrons. The average Bonchev–Trinajstić information content (AvgIpc) is 2.67. The van der Waals surface area contributed by atoms with Gasteiger partial charge in [0.1, 0.15) is 0 Å². The topological polar surface area (TPSA) is 21.3 Å². The fraction of sp³-hybridized carbons (Fsp3) is 0.833. The van der Waals surface area contributed by atoms with Gasteiger partial charge in [0.05, 0.1) is 6.10 Å². The first-order valence-electron chi connectivity index (χ1n) is 5.78. The van der Waals surface area contributed by atoms with Gasteiger partial charge in [-0.05, 0) is 12.8 Å². The molecular formula is C12H23NOS. The third-order valence-corrected chi connectivity index (χ3v) is 3.61. The summed E-state index contributed by atoms with van der Waals surface area (Å²) in [4.78, 5) is 0. The van der Waals surface area contributed by atoms with Crippen LogP contribution in [0.2, 0.25) is 0 Å². The molecular weight excluding hydrogens is 206 g/mol. The highest BCUT2D eigenvalue weighted by Gasteiger charge is 2.14. The number of thioether (sulfide) groups is 1. The van der Waals surface area contributed by atoms with Crippen molar-refractivity contribution in [2.75, 3.05) is 24.7 Å². The number of hydrogen-bond donors (Lipinski definition) is 1. The molecule has 0 spiro atoms. The molecule has 0 amide bonds. The van der Waals surface area contributed by atoms with Crippen molar-refractivity contribution in [3.63, 3.8) is 0 Å². The normalized spacial score (nSPS) is 21.1. The molecule has 0 aromatic heterocycles. The van der Waals surface area contributed by atoms with Gasteiger partial charge in [0.15, 0.2) is 0 Å². The van der Waals surface area contributed by atoms with Crippen molar-refractivity contribution >= 4 is 11.8 Å². The van der Waals surface area contributed by atoms with Gasteiger partial charge in [-0.3, -0.25) is 0 Å². The lowest BCUT2D eigenvalue weighted by atomic mass is 10.3. The summed E-state index contributed by atoms with van der Waals surface area (Å²) >= 11 is 1.95. The van der Waals surface area contributed by atoms with Crippen LogP contribution in [0.25, 0.3) is 0 Å². The first kappa shape index (κ1) is 13.1. The second-order valence-corrected chi connectivity index (χ2v) is 5.47. The van der Waals surface area contributed by atoms with E-state index in [1.807, 2.05) is 11.8 Å². The van der Waals surface area contributed by atoms with Gasteiger partial charge >= 0.3 is 0 Å². The molecule has 1 rings (SSSR count). The SMILES string of the molecule is C=C(CNC(C)C)CSCC1CCCO1. The molecule has 15 heavy (non-hydrogen) atoms. The summed E-state index contributed by atoms with van der Waals surface area (Å²) in [7, 11) is 0. The zero-order chi connectivity index (χ0) is 11.1. The van der Waals surface area contributed by atoms with Crippen LogP contribution in [0, 0.1) is 0 Å². The van der Waals surface area contributed by atoms with E-state index in [1.165, 1.54) is 18.4 Å². The molecule has 88 valence electrons. The zero-order valence-corrected chi connectivity index (χ0v) is 10.7. The van der Waals surface area contributed by atoms with Gasteiger partial charge in [-0.2, -0.15) is 11.8 Å². The van der Waals surface area contributed by atoms with Crippen LogP contribution in [0.1, 0.15) is 26.7 Å². The maximum absolute atomic E-state index is 5.57. The van der Waals surface area contributed by atoms with Crippen molar-refractivity contribution in [1.82, 2.24) is 5.32 Å². The maximum Gasteiger partial charge on any atom is 0.0666 e. The fourth-order valence-corrected chi connectivity index (χ4v) is 2.54. The number of hydrogen-bond acceptors (Lipinski definition) is 3. The molecule has 1 saturated heterocycles. The highest BCUT2D eigenvalue weighted by molar-refractivity contribution is 7.99. The fourth-order valence-electron chi connectivity index (χ4n) is 1.51. The van der Waals surface area contributed by atoms with Crippen LogP contribution in [0.15, 0.2) is 12.2 Å².